The number of benzene rings is 1. The molecule has 6 nitrogen and oxygen atoms in total. The van der Waals surface area contributed by atoms with Gasteiger partial charge in [-0.1, -0.05) is 11.6 Å². The number of carboxylic acid groups (broad SMARTS) is 1. The number of nitrogens with zero attached hydrogens (tertiary/aromatic N) is 1. The molecule has 116 valence electrons. The van der Waals surface area contributed by atoms with Crippen molar-refractivity contribution in [3.8, 4) is 0 Å². The summed E-state index contributed by atoms with van der Waals surface area (Å²) in [4.78, 5) is 25.2. The predicted octanol–water partition coefficient (Wildman–Crippen LogP) is 2.32. The van der Waals surface area contributed by atoms with Crippen LogP contribution in [0.15, 0.2) is 22.6 Å². The van der Waals surface area contributed by atoms with Gasteiger partial charge in [0.2, 0.25) is 0 Å². The van der Waals surface area contributed by atoms with Crippen molar-refractivity contribution in [2.45, 2.75) is 13.0 Å². The lowest BCUT2D eigenvalue weighted by molar-refractivity contribution is -0.147. The van der Waals surface area contributed by atoms with Crippen LogP contribution in [0.4, 0.5) is 0 Å². The summed E-state index contributed by atoms with van der Waals surface area (Å²) in [6.45, 7) is 2.26. The highest BCUT2D eigenvalue weighted by molar-refractivity contribution is 6.31. The van der Waals surface area contributed by atoms with Gasteiger partial charge in [-0.25, -0.2) is 4.79 Å². The summed E-state index contributed by atoms with van der Waals surface area (Å²) in [5.41, 5.74) is 1.20. The van der Waals surface area contributed by atoms with Gasteiger partial charge in [-0.05, 0) is 25.1 Å². The van der Waals surface area contributed by atoms with Crippen molar-refractivity contribution in [1.82, 2.24) is 4.90 Å². The van der Waals surface area contributed by atoms with Gasteiger partial charge in [-0.15, -0.1) is 0 Å². The standard InChI is InChI=1S/C15H14ClNO5/c1-8-10-6-9(16)2-3-12(10)22-13(8)14(18)17-4-5-21-7-11(17)15(19)20/h2-3,6,11H,4-5,7H2,1H3,(H,19,20). The summed E-state index contributed by atoms with van der Waals surface area (Å²) in [7, 11) is 0. The van der Waals surface area contributed by atoms with Gasteiger partial charge in [0.25, 0.3) is 5.91 Å². The summed E-state index contributed by atoms with van der Waals surface area (Å²) in [6.07, 6.45) is 0. The maximum Gasteiger partial charge on any atom is 0.328 e. The average molecular weight is 324 g/mol. The molecule has 22 heavy (non-hydrogen) atoms. The fourth-order valence-corrected chi connectivity index (χ4v) is 2.75. The predicted molar refractivity (Wildman–Crippen MR) is 79.2 cm³/mol. The van der Waals surface area contributed by atoms with Crippen molar-refractivity contribution in [1.29, 1.82) is 0 Å². The maximum atomic E-state index is 12.7. The third-order valence-electron chi connectivity index (χ3n) is 3.77. The molecule has 1 aliphatic rings. The zero-order valence-electron chi connectivity index (χ0n) is 11.8. The Bertz CT molecular complexity index is 754. The van der Waals surface area contributed by atoms with Crippen LogP contribution in [0.3, 0.4) is 0 Å². The lowest BCUT2D eigenvalue weighted by Crippen LogP contribution is -2.52. The van der Waals surface area contributed by atoms with Crippen LogP contribution in [-0.2, 0) is 9.53 Å². The Morgan fingerprint density at radius 1 is 1.41 bits per heavy atom. The van der Waals surface area contributed by atoms with Gasteiger partial charge in [0, 0.05) is 22.5 Å². The van der Waals surface area contributed by atoms with Crippen molar-refractivity contribution in [2.75, 3.05) is 19.8 Å². The first-order chi connectivity index (χ1) is 10.5. The number of rotatable bonds is 2. The molecule has 0 aliphatic carbocycles. The third kappa shape index (κ3) is 2.44. The molecule has 2 aromatic rings. The van der Waals surface area contributed by atoms with E-state index in [4.69, 9.17) is 20.8 Å². The molecule has 1 aromatic heterocycles. The molecule has 0 radical (unpaired) electrons. The summed E-state index contributed by atoms with van der Waals surface area (Å²) in [5, 5.41) is 10.5. The highest BCUT2D eigenvalue weighted by atomic mass is 35.5. The van der Waals surface area contributed by atoms with E-state index in [1.165, 1.54) is 4.90 Å². The highest BCUT2D eigenvalue weighted by Gasteiger charge is 2.35. The van der Waals surface area contributed by atoms with Crippen molar-refractivity contribution < 1.29 is 23.8 Å². The van der Waals surface area contributed by atoms with Crippen LogP contribution in [0, 0.1) is 6.92 Å². The number of carboxylic acids is 1. The second-order valence-corrected chi connectivity index (χ2v) is 5.56. The number of carbonyl (C=O) groups is 2. The van der Waals surface area contributed by atoms with Crippen LogP contribution in [-0.4, -0.2) is 47.7 Å². The number of aryl methyl sites for hydroxylation is 1. The van der Waals surface area contributed by atoms with Crippen molar-refractivity contribution in [3.05, 3.63) is 34.5 Å². The zero-order valence-corrected chi connectivity index (χ0v) is 12.6. The molecular weight excluding hydrogens is 310 g/mol. The minimum atomic E-state index is -1.09. The van der Waals surface area contributed by atoms with Gasteiger partial charge in [0.1, 0.15) is 5.58 Å². The number of hydrogen-bond donors (Lipinski definition) is 1. The van der Waals surface area contributed by atoms with E-state index < -0.39 is 17.9 Å². The molecule has 1 amide bonds. The van der Waals surface area contributed by atoms with E-state index in [1.54, 1.807) is 25.1 Å². The first-order valence-electron chi connectivity index (χ1n) is 6.79. The van der Waals surface area contributed by atoms with Crippen molar-refractivity contribution in [3.63, 3.8) is 0 Å². The quantitative estimate of drug-likeness (QED) is 0.917. The van der Waals surface area contributed by atoms with Gasteiger partial charge in [-0.3, -0.25) is 4.79 Å². The molecule has 2 heterocycles. The third-order valence-corrected chi connectivity index (χ3v) is 4.00. The molecule has 1 unspecified atom stereocenters. The number of halogens is 1. The molecule has 7 heteroatoms. The number of ether oxygens (including phenoxy) is 1. The van der Waals surface area contributed by atoms with E-state index in [0.717, 1.165) is 5.39 Å². The number of morpholine rings is 1. The van der Waals surface area contributed by atoms with E-state index in [-0.39, 0.29) is 18.9 Å². The topological polar surface area (TPSA) is 80.0 Å². The van der Waals surface area contributed by atoms with E-state index in [2.05, 4.69) is 0 Å². The van der Waals surface area contributed by atoms with Gasteiger partial charge in [-0.2, -0.15) is 0 Å². The molecule has 1 aromatic carbocycles. The SMILES string of the molecule is Cc1c(C(=O)N2CCOCC2C(=O)O)oc2ccc(Cl)cc12. The monoisotopic (exact) mass is 323 g/mol. The van der Waals surface area contributed by atoms with Crippen LogP contribution >= 0.6 is 11.6 Å². The summed E-state index contributed by atoms with van der Waals surface area (Å²) in [5.74, 6) is -1.39. The smallest absolute Gasteiger partial charge is 0.328 e. The van der Waals surface area contributed by atoms with E-state index in [9.17, 15) is 14.7 Å². The number of aliphatic carboxylic acids is 1. The van der Waals surface area contributed by atoms with Crippen LogP contribution in [0.5, 0.6) is 0 Å². The zero-order chi connectivity index (χ0) is 15.9. The average Bonchev–Trinajstić information content (AvgIpc) is 2.83. The molecule has 1 fully saturated rings. The lowest BCUT2D eigenvalue weighted by atomic mass is 10.1. The normalized spacial score (nSPS) is 18.6. The number of carbonyl (C=O) groups excluding carboxylic acids is 1. The van der Waals surface area contributed by atoms with Gasteiger partial charge >= 0.3 is 5.97 Å². The van der Waals surface area contributed by atoms with Crippen LogP contribution < -0.4 is 0 Å². The van der Waals surface area contributed by atoms with Gasteiger partial charge in [0.15, 0.2) is 11.8 Å². The Balaban J connectivity index is 2.01. The maximum absolute atomic E-state index is 12.7. The number of fused-ring (bicyclic) bond motifs is 1. The van der Waals surface area contributed by atoms with Gasteiger partial charge < -0.3 is 19.2 Å². The number of hydrogen-bond acceptors (Lipinski definition) is 4. The summed E-state index contributed by atoms with van der Waals surface area (Å²) in [6, 6.07) is 4.09. The van der Waals surface area contributed by atoms with Crippen molar-refractivity contribution in [2.24, 2.45) is 0 Å². The van der Waals surface area contributed by atoms with Gasteiger partial charge in [0.05, 0.1) is 13.2 Å². The van der Waals surface area contributed by atoms with Crippen LogP contribution in [0.2, 0.25) is 5.02 Å². The van der Waals surface area contributed by atoms with Crippen LogP contribution in [0.1, 0.15) is 16.1 Å². The molecule has 1 aliphatic heterocycles. The minimum Gasteiger partial charge on any atom is -0.480 e. The minimum absolute atomic E-state index is 0.0216. The number of furan rings is 1. The summed E-state index contributed by atoms with van der Waals surface area (Å²) < 4.78 is 10.8. The van der Waals surface area contributed by atoms with Crippen molar-refractivity contribution >= 4 is 34.4 Å². The molecule has 0 bridgehead atoms. The molecule has 0 spiro atoms. The Kier molecular flexibility index (Phi) is 3.80. The van der Waals surface area contributed by atoms with Crippen LogP contribution in [0.25, 0.3) is 11.0 Å². The van der Waals surface area contributed by atoms with E-state index >= 15 is 0 Å². The fourth-order valence-electron chi connectivity index (χ4n) is 2.58. The first kappa shape index (κ1) is 14.9. The molecule has 1 saturated heterocycles. The molecule has 1 atom stereocenters. The Hall–Kier alpha value is -2.05. The second kappa shape index (κ2) is 5.62. The molecule has 0 saturated carbocycles. The molecule has 3 rings (SSSR count). The Morgan fingerprint density at radius 2 is 2.18 bits per heavy atom. The second-order valence-electron chi connectivity index (χ2n) is 5.12. The number of amides is 1. The molecule has 1 N–H and O–H groups in total. The Morgan fingerprint density at radius 3 is 2.91 bits per heavy atom. The highest BCUT2D eigenvalue weighted by Crippen LogP contribution is 2.29. The lowest BCUT2D eigenvalue weighted by Gasteiger charge is -2.32. The van der Waals surface area contributed by atoms with E-state index in [0.29, 0.717) is 22.8 Å². The fraction of sp³-hybridized carbons (Fsp3) is 0.333. The van der Waals surface area contributed by atoms with E-state index in [1.807, 2.05) is 0 Å². The first-order valence-corrected chi connectivity index (χ1v) is 7.17. The largest absolute Gasteiger partial charge is 0.480 e. The summed E-state index contributed by atoms with van der Waals surface area (Å²) >= 11 is 5.96. The molecular formula is C15H14ClNO5. The Labute approximate surface area is 131 Å².